The van der Waals surface area contributed by atoms with Gasteiger partial charge in [0.1, 0.15) is 35.7 Å². The molecule has 1 saturated heterocycles. The summed E-state index contributed by atoms with van der Waals surface area (Å²) in [6.07, 6.45) is -5.52. The third kappa shape index (κ3) is 16.7. The Morgan fingerprint density at radius 3 is 2.00 bits per heavy atom. The van der Waals surface area contributed by atoms with Crippen molar-refractivity contribution in [2.45, 2.75) is 167 Å². The SMILES string of the molecule is CC1=C2[C@@H](C)C(=O)[C@@]3(C)[C@H]([C@H](OC(=O)c4ccccc4)[C@](O)(C[C@@H]1OC(=O)[C@H](OC(=O)CCC(=O)NCCCCC(NC(=O)CC[C@H](CC(=O)C(C)NC(=O)/C=C/c1ccc(Cl)cc1)C(N)=O)C(N)=O)[C@H](NC(=O)c1ccccc1)c1ccccc1)C2(C)C)[C@]1(C)CO[C@@H]1C[C@@H]3O. The number of nitrogens with one attached hydrogen (secondary N) is 4. The second-order valence-electron chi connectivity index (χ2n) is 26.8. The first-order chi connectivity index (χ1) is 45.9. The maximum absolute atomic E-state index is 15.5. The van der Waals surface area contributed by atoms with Crippen LogP contribution >= 0.6 is 11.6 Å². The predicted octanol–water partition coefficient (Wildman–Crippen LogP) is 6.44. The molecule has 24 heteroatoms. The van der Waals surface area contributed by atoms with Crippen LogP contribution in [0.2, 0.25) is 5.02 Å². The average Bonchev–Trinajstić information content (AvgIpc) is 0.674. The van der Waals surface area contributed by atoms with Gasteiger partial charge < -0.3 is 61.9 Å². The maximum Gasteiger partial charge on any atom is 0.350 e. The number of primary amides is 2. The van der Waals surface area contributed by atoms with Crippen LogP contribution in [-0.4, -0.2) is 136 Å². The van der Waals surface area contributed by atoms with E-state index in [1.165, 1.54) is 19.1 Å². The number of hydrogen-bond acceptors (Lipinski definition) is 17. The molecule has 518 valence electrons. The smallest absolute Gasteiger partial charge is 0.350 e. The second kappa shape index (κ2) is 31.5. The molecule has 0 radical (unpaired) electrons. The molecule has 1 heterocycles. The first kappa shape index (κ1) is 73.9. The highest BCUT2D eigenvalue weighted by atomic mass is 35.5. The molecule has 3 aliphatic carbocycles. The number of carbonyl (C=O) groups excluding carboxylic acids is 11. The van der Waals surface area contributed by atoms with Crippen molar-refractivity contribution in [1.29, 1.82) is 0 Å². The molecule has 2 bridgehead atoms. The molecule has 0 aromatic heterocycles. The molecular weight excluding hydrogens is 1270 g/mol. The van der Waals surface area contributed by atoms with Gasteiger partial charge in [-0.2, -0.15) is 0 Å². The summed E-state index contributed by atoms with van der Waals surface area (Å²) >= 11 is 5.91. The van der Waals surface area contributed by atoms with E-state index < -0.39 is 167 Å². The number of nitrogens with two attached hydrogens (primary N) is 2. The van der Waals surface area contributed by atoms with Crippen LogP contribution in [0.3, 0.4) is 0 Å². The van der Waals surface area contributed by atoms with Crippen LogP contribution < -0.4 is 32.7 Å². The Hall–Kier alpha value is -8.90. The van der Waals surface area contributed by atoms with Gasteiger partial charge >= 0.3 is 17.9 Å². The van der Waals surface area contributed by atoms with E-state index in [1.54, 1.807) is 150 Å². The number of Topliss-reactive ketones (excluding diaryl/α,β-unsaturated/α-hetero) is 2. The van der Waals surface area contributed by atoms with Crippen molar-refractivity contribution in [3.05, 3.63) is 160 Å². The highest BCUT2D eigenvalue weighted by Crippen LogP contribution is 2.66. The molecule has 2 unspecified atom stereocenters. The molecule has 3 fully saturated rings. The minimum atomic E-state index is -2.16. The lowest BCUT2D eigenvalue weighted by atomic mass is 9.41. The van der Waals surface area contributed by atoms with Crippen molar-refractivity contribution in [1.82, 2.24) is 21.3 Å². The quantitative estimate of drug-likeness (QED) is 0.00952. The second-order valence-corrected chi connectivity index (χ2v) is 27.2. The summed E-state index contributed by atoms with van der Waals surface area (Å²) in [5, 5.41) is 37.2. The standard InChI is InChI=1S/C73H87ClN6O17/c1-41-52(39-73(93)64(97-68(91)47-23-15-10-16-24-47)62-71(6)40-94-54(71)38-53(82)72(62,7)63(87)42(2)59(41)70(73,4)5)95-69(92)61(60(45-19-11-8-12-20-45)80-67(90)46-21-13-9-14-22-46)96-58(86)35-34-55(83)77-36-18-17-25-50(66(76)89)79-57(85)33-29-48(65(75)88)37-51(81)43(3)78-56(84)32-28-44-26-30-49(74)31-27-44/h8-16,19-24,26-28,30-32,42-43,48,50,52-54,60-62,64,82,93H,17-18,25,29,33-40H2,1-7H3,(H2,75,88)(H2,76,89)(H,77,83)(H,78,84)(H,79,85)(H,80,90)/b32-28+/t42-,43?,48-,50?,52+,53+,54-,60-,61-,62-,64+,71-,72-,73-/m1/s1. The van der Waals surface area contributed by atoms with Gasteiger partial charge in [0.05, 0.1) is 42.3 Å². The summed E-state index contributed by atoms with van der Waals surface area (Å²) in [4.78, 5) is 150. The number of esters is 3. The topological polar surface area (TPSA) is 365 Å². The van der Waals surface area contributed by atoms with Crippen molar-refractivity contribution in [2.75, 3.05) is 13.2 Å². The van der Waals surface area contributed by atoms with Crippen LogP contribution in [0.5, 0.6) is 0 Å². The molecule has 4 aliphatic rings. The minimum Gasteiger partial charge on any atom is -0.455 e. The molecule has 23 nitrogen and oxygen atoms in total. The molecule has 6 amide bonds. The summed E-state index contributed by atoms with van der Waals surface area (Å²) < 4.78 is 25.1. The lowest BCUT2D eigenvalue weighted by molar-refractivity contribution is -0.312. The molecule has 0 spiro atoms. The summed E-state index contributed by atoms with van der Waals surface area (Å²) in [5.74, 6) is -11.2. The predicted molar refractivity (Wildman–Crippen MR) is 356 cm³/mol. The summed E-state index contributed by atoms with van der Waals surface area (Å²) in [7, 11) is 0. The number of aliphatic hydroxyl groups excluding tert-OH is 1. The van der Waals surface area contributed by atoms with Crippen LogP contribution in [-0.2, 0) is 62.1 Å². The summed E-state index contributed by atoms with van der Waals surface area (Å²) in [5.41, 5.74) is 7.26. The number of ketones is 2. The maximum atomic E-state index is 15.5. The van der Waals surface area contributed by atoms with E-state index in [9.17, 15) is 53.4 Å². The molecule has 14 atom stereocenters. The van der Waals surface area contributed by atoms with Crippen molar-refractivity contribution in [3.8, 4) is 0 Å². The van der Waals surface area contributed by atoms with Crippen LogP contribution in [0.25, 0.3) is 6.08 Å². The Morgan fingerprint density at radius 1 is 0.763 bits per heavy atom. The van der Waals surface area contributed by atoms with Crippen LogP contribution in [0.15, 0.2) is 132 Å². The van der Waals surface area contributed by atoms with E-state index in [4.69, 9.17) is 42.0 Å². The number of unbranched alkanes of at least 4 members (excludes halogenated alkanes) is 1. The molecule has 97 heavy (non-hydrogen) atoms. The zero-order chi connectivity index (χ0) is 70.7. The van der Waals surface area contributed by atoms with Crippen LogP contribution in [0.1, 0.15) is 151 Å². The minimum absolute atomic E-state index is 0.0545. The zero-order valence-corrected chi connectivity index (χ0v) is 56.3. The van der Waals surface area contributed by atoms with E-state index in [0.717, 1.165) is 0 Å². The van der Waals surface area contributed by atoms with Gasteiger partial charge in [0, 0.05) is 83.9 Å². The highest BCUT2D eigenvalue weighted by Gasteiger charge is 2.75. The Labute approximate surface area is 568 Å². The van der Waals surface area contributed by atoms with Gasteiger partial charge in [0.15, 0.2) is 5.78 Å². The van der Waals surface area contributed by atoms with Crippen molar-refractivity contribution < 1.29 is 81.9 Å². The molecule has 2 saturated carbocycles. The number of halogens is 1. The Balaban J connectivity index is 0.933. The van der Waals surface area contributed by atoms with Gasteiger partial charge in [-0.15, -0.1) is 0 Å². The fourth-order valence-electron chi connectivity index (χ4n) is 14.5. The summed E-state index contributed by atoms with van der Waals surface area (Å²) in [6, 6.07) is 27.5. The number of carbonyl (C=O) groups is 11. The number of ether oxygens (including phenoxy) is 4. The third-order valence-electron chi connectivity index (χ3n) is 20.1. The van der Waals surface area contributed by atoms with Crippen LogP contribution in [0.4, 0.5) is 0 Å². The Bertz CT molecular complexity index is 3660. The lowest BCUT2D eigenvalue weighted by Gasteiger charge is -2.68. The molecule has 4 aromatic carbocycles. The third-order valence-corrected chi connectivity index (χ3v) is 20.3. The van der Waals surface area contributed by atoms with E-state index in [2.05, 4.69) is 21.3 Å². The first-order valence-corrected chi connectivity index (χ1v) is 33.0. The zero-order valence-electron chi connectivity index (χ0n) is 55.5. The number of amides is 6. The normalized spacial score (nSPS) is 25.4. The Morgan fingerprint density at radius 2 is 1.39 bits per heavy atom. The van der Waals surface area contributed by atoms with E-state index >= 15 is 9.59 Å². The Kier molecular flexibility index (Phi) is 24.0. The lowest BCUT2D eigenvalue weighted by Crippen LogP contribution is -2.77. The number of fused-ring (bicyclic) bond motifs is 5. The van der Waals surface area contributed by atoms with Crippen LogP contribution in [0, 0.1) is 34.0 Å². The van der Waals surface area contributed by atoms with Crippen molar-refractivity contribution >= 4 is 82.6 Å². The van der Waals surface area contributed by atoms with E-state index in [-0.39, 0.29) is 75.0 Å². The van der Waals surface area contributed by atoms with Gasteiger partial charge in [-0.25, -0.2) is 9.59 Å². The van der Waals surface area contributed by atoms with Gasteiger partial charge in [-0.05, 0) is 111 Å². The highest BCUT2D eigenvalue weighted by molar-refractivity contribution is 6.30. The van der Waals surface area contributed by atoms with E-state index in [0.29, 0.717) is 27.3 Å². The molecule has 4 aromatic rings. The number of rotatable bonds is 29. The number of aliphatic hydroxyl groups is 2. The van der Waals surface area contributed by atoms with Gasteiger partial charge in [-0.3, -0.25) is 43.2 Å². The van der Waals surface area contributed by atoms with E-state index in [1.807, 2.05) is 6.92 Å². The van der Waals surface area contributed by atoms with Gasteiger partial charge in [-0.1, -0.05) is 118 Å². The largest absolute Gasteiger partial charge is 0.455 e. The fraction of sp³-hybridized carbons (Fsp3) is 0.466. The van der Waals surface area contributed by atoms with Crippen molar-refractivity contribution in [2.24, 2.45) is 45.5 Å². The van der Waals surface area contributed by atoms with Crippen molar-refractivity contribution in [3.63, 3.8) is 0 Å². The average molecular weight is 1360 g/mol. The monoisotopic (exact) mass is 1350 g/mol. The fourth-order valence-corrected chi connectivity index (χ4v) is 14.6. The number of hydrogen-bond donors (Lipinski definition) is 8. The summed E-state index contributed by atoms with van der Waals surface area (Å²) in [6.45, 7) is 12.0. The number of benzene rings is 4. The van der Waals surface area contributed by atoms with Gasteiger partial charge in [0.25, 0.3) is 5.91 Å². The molecular formula is C73H87ClN6O17. The first-order valence-electron chi connectivity index (χ1n) is 32.7. The molecule has 10 N–H and O–H groups in total. The molecule has 8 rings (SSSR count). The molecule has 1 aliphatic heterocycles. The van der Waals surface area contributed by atoms with Gasteiger partial charge in [0.2, 0.25) is 35.6 Å².